The number of aromatic nitrogens is 2. The molecule has 0 aliphatic heterocycles. The molecule has 0 aliphatic rings. The highest BCUT2D eigenvalue weighted by Crippen LogP contribution is 2.31. The van der Waals surface area contributed by atoms with E-state index in [-0.39, 0.29) is 5.97 Å². The predicted octanol–water partition coefficient (Wildman–Crippen LogP) is 7.18. The molecule has 0 fully saturated rings. The zero-order valence-corrected chi connectivity index (χ0v) is 22.1. The van der Waals surface area contributed by atoms with Crippen LogP contribution in [0.15, 0.2) is 66.7 Å². The molecule has 3 aromatic carbocycles. The minimum atomic E-state index is -0.355. The Morgan fingerprint density at radius 2 is 1.86 bits per heavy atom. The fourth-order valence-corrected chi connectivity index (χ4v) is 5.97. The highest BCUT2D eigenvalue weighted by Gasteiger charge is 2.20. The molecule has 186 valence electrons. The molecule has 0 atom stereocenters. The summed E-state index contributed by atoms with van der Waals surface area (Å²) in [7, 11) is 1.40. The first-order chi connectivity index (χ1) is 18.1. The van der Waals surface area contributed by atoms with Crippen LogP contribution in [0.2, 0.25) is 5.02 Å². The molecule has 0 unspecified atom stereocenters. The molecule has 5 nitrogen and oxygen atoms in total. The van der Waals surface area contributed by atoms with E-state index in [9.17, 15) is 10.1 Å². The first-order valence-corrected chi connectivity index (χ1v) is 13.4. The van der Waals surface area contributed by atoms with Gasteiger partial charge in [-0.3, -0.25) is 0 Å². The minimum Gasteiger partial charge on any atom is -0.465 e. The lowest BCUT2D eigenvalue weighted by molar-refractivity contribution is 0.0601. The van der Waals surface area contributed by atoms with Crippen molar-refractivity contribution >= 4 is 50.0 Å². The number of nitriles is 1. The molecule has 0 amide bonds. The molecule has 0 aliphatic carbocycles. The van der Waals surface area contributed by atoms with Gasteiger partial charge < -0.3 is 9.30 Å². The number of ether oxygens (including phenoxy) is 1. The van der Waals surface area contributed by atoms with Crippen molar-refractivity contribution in [2.24, 2.45) is 0 Å². The third-order valence-electron chi connectivity index (χ3n) is 6.65. The minimum absolute atomic E-state index is 0.355. The van der Waals surface area contributed by atoms with E-state index in [4.69, 9.17) is 21.3 Å². The van der Waals surface area contributed by atoms with Gasteiger partial charge in [-0.2, -0.15) is 5.26 Å². The second kappa shape index (κ2) is 11.2. The van der Waals surface area contributed by atoms with Crippen LogP contribution in [0.25, 0.3) is 21.1 Å². The van der Waals surface area contributed by atoms with E-state index >= 15 is 0 Å². The molecule has 5 aromatic rings. The van der Waals surface area contributed by atoms with Crippen molar-refractivity contribution in [3.8, 4) is 6.07 Å². The maximum atomic E-state index is 12.3. The predicted molar refractivity (Wildman–Crippen MR) is 149 cm³/mol. The molecule has 0 spiro atoms. The third-order valence-corrected chi connectivity index (χ3v) is 7.99. The number of carbonyl (C=O) groups excluding carboxylic acids is 1. The van der Waals surface area contributed by atoms with Gasteiger partial charge >= 0.3 is 5.97 Å². The third kappa shape index (κ3) is 5.39. The molecule has 0 saturated heterocycles. The maximum Gasteiger partial charge on any atom is 0.337 e. The van der Waals surface area contributed by atoms with Crippen LogP contribution in [0.1, 0.15) is 38.6 Å². The van der Waals surface area contributed by atoms with Gasteiger partial charge in [-0.05, 0) is 72.9 Å². The Balaban J connectivity index is 1.57. The number of fused-ring (bicyclic) bond motifs is 2. The summed E-state index contributed by atoms with van der Waals surface area (Å²) < 4.78 is 8.44. The fraction of sp³-hybridized carbons (Fsp3) is 0.233. The van der Waals surface area contributed by atoms with Crippen LogP contribution >= 0.6 is 22.9 Å². The second-order valence-corrected chi connectivity index (χ2v) is 10.5. The first-order valence-electron chi connectivity index (χ1n) is 12.3. The summed E-state index contributed by atoms with van der Waals surface area (Å²) in [5.74, 6) is -0.355. The Kier molecular flexibility index (Phi) is 7.55. The number of esters is 1. The first kappa shape index (κ1) is 25.0. The molecule has 0 radical (unpaired) electrons. The number of benzene rings is 3. The lowest BCUT2D eigenvalue weighted by atomic mass is 9.99. The van der Waals surface area contributed by atoms with Gasteiger partial charge in [0, 0.05) is 34.6 Å². The van der Waals surface area contributed by atoms with Gasteiger partial charge in [0.05, 0.1) is 40.4 Å². The summed E-state index contributed by atoms with van der Waals surface area (Å²) in [6.45, 7) is 0.598. The van der Waals surface area contributed by atoms with Crippen LogP contribution in [0.3, 0.4) is 0 Å². The van der Waals surface area contributed by atoms with Gasteiger partial charge in [0.15, 0.2) is 0 Å². The topological polar surface area (TPSA) is 67.9 Å². The van der Waals surface area contributed by atoms with E-state index in [0.29, 0.717) is 18.5 Å². The summed E-state index contributed by atoms with van der Waals surface area (Å²) in [6.07, 6.45) is 3.65. The van der Waals surface area contributed by atoms with Crippen molar-refractivity contribution < 1.29 is 9.53 Å². The number of aryl methyl sites for hydroxylation is 4. The van der Waals surface area contributed by atoms with Crippen LogP contribution in [0.4, 0.5) is 0 Å². The lowest BCUT2D eigenvalue weighted by Crippen LogP contribution is -2.07. The number of rotatable bonds is 9. The normalized spacial score (nSPS) is 11.2. The van der Waals surface area contributed by atoms with E-state index in [0.717, 1.165) is 52.1 Å². The molecule has 2 aromatic heterocycles. The van der Waals surface area contributed by atoms with Crippen LogP contribution in [-0.2, 0) is 37.0 Å². The number of para-hydroxylation sites is 1. The zero-order valence-electron chi connectivity index (χ0n) is 20.5. The SMILES string of the molecule is COC(=O)c1ccc2c(c1)c(CCc1ccc(Cl)cc1)c(CCc1nc3ccccc3s1)n2CCC#N. The Bertz CT molecular complexity index is 1580. The van der Waals surface area contributed by atoms with Gasteiger partial charge in [0.25, 0.3) is 0 Å². The highest BCUT2D eigenvalue weighted by atomic mass is 35.5. The van der Waals surface area contributed by atoms with Crippen molar-refractivity contribution in [1.82, 2.24) is 9.55 Å². The van der Waals surface area contributed by atoms with Crippen LogP contribution in [0.5, 0.6) is 0 Å². The van der Waals surface area contributed by atoms with Crippen LogP contribution in [-0.4, -0.2) is 22.6 Å². The second-order valence-electron chi connectivity index (χ2n) is 8.91. The van der Waals surface area contributed by atoms with Gasteiger partial charge in [-0.1, -0.05) is 35.9 Å². The number of carbonyl (C=O) groups is 1. The largest absolute Gasteiger partial charge is 0.465 e. The highest BCUT2D eigenvalue weighted by molar-refractivity contribution is 7.18. The maximum absolute atomic E-state index is 12.3. The van der Waals surface area contributed by atoms with Crippen molar-refractivity contribution in [2.75, 3.05) is 7.11 Å². The summed E-state index contributed by atoms with van der Waals surface area (Å²) in [4.78, 5) is 17.2. The molecule has 5 rings (SSSR count). The van der Waals surface area contributed by atoms with E-state index in [1.807, 2.05) is 42.5 Å². The standard InChI is InChI=1S/C30H26ClN3O2S/c1-36-30(35)21-10-14-27-24(19-21)23(13-9-20-7-11-22(31)12-8-20)26(34(27)18-4-17-32)15-16-29-33-25-5-2-3-6-28(25)37-29/h2-3,5-8,10-12,14,19H,4,9,13,15-16,18H2,1H3. The number of methoxy groups -OCH3 is 1. The smallest absolute Gasteiger partial charge is 0.337 e. The number of hydrogen-bond acceptors (Lipinski definition) is 5. The number of hydrogen-bond donors (Lipinski definition) is 0. The monoisotopic (exact) mass is 527 g/mol. The van der Waals surface area contributed by atoms with Crippen molar-refractivity contribution in [3.05, 3.63) is 99.1 Å². The van der Waals surface area contributed by atoms with Gasteiger partial charge in [-0.25, -0.2) is 9.78 Å². The van der Waals surface area contributed by atoms with E-state index in [1.54, 1.807) is 17.4 Å². The number of nitrogens with zero attached hydrogens (tertiary/aromatic N) is 3. The van der Waals surface area contributed by atoms with Crippen LogP contribution < -0.4 is 0 Å². The Morgan fingerprint density at radius 3 is 2.62 bits per heavy atom. The van der Waals surface area contributed by atoms with Gasteiger partial charge in [0.1, 0.15) is 0 Å². The van der Waals surface area contributed by atoms with Crippen molar-refractivity contribution in [1.29, 1.82) is 5.26 Å². The molecule has 0 saturated carbocycles. The fourth-order valence-electron chi connectivity index (χ4n) is 4.88. The Morgan fingerprint density at radius 1 is 1.05 bits per heavy atom. The lowest BCUT2D eigenvalue weighted by Gasteiger charge is -2.11. The molecule has 37 heavy (non-hydrogen) atoms. The van der Waals surface area contributed by atoms with E-state index in [2.05, 4.69) is 28.8 Å². The van der Waals surface area contributed by atoms with Crippen LogP contribution in [0, 0.1) is 11.3 Å². The summed E-state index contributed by atoms with van der Waals surface area (Å²) >= 11 is 7.82. The summed E-state index contributed by atoms with van der Waals surface area (Å²) in [5.41, 5.74) is 6.18. The molecule has 2 heterocycles. The van der Waals surface area contributed by atoms with Gasteiger partial charge in [-0.15, -0.1) is 11.3 Å². The summed E-state index contributed by atoms with van der Waals surface area (Å²) in [5, 5.41) is 12.2. The molecule has 0 bridgehead atoms. The van der Waals surface area contributed by atoms with E-state index in [1.165, 1.54) is 28.6 Å². The van der Waals surface area contributed by atoms with E-state index < -0.39 is 0 Å². The number of thiazole rings is 1. The quantitative estimate of drug-likeness (QED) is 0.190. The molecular weight excluding hydrogens is 502 g/mol. The number of halogens is 1. The Hall–Kier alpha value is -3.66. The van der Waals surface area contributed by atoms with Gasteiger partial charge in [0.2, 0.25) is 0 Å². The Labute approximate surface area is 224 Å². The van der Waals surface area contributed by atoms with Crippen molar-refractivity contribution in [3.63, 3.8) is 0 Å². The molecule has 7 heteroatoms. The zero-order chi connectivity index (χ0) is 25.8. The van der Waals surface area contributed by atoms with Crippen molar-refractivity contribution in [2.45, 2.75) is 38.6 Å². The summed E-state index contributed by atoms with van der Waals surface area (Å²) in [6, 6.07) is 24.1. The average molecular weight is 528 g/mol. The average Bonchev–Trinajstić information content (AvgIpc) is 3.47. The molecular formula is C30H26ClN3O2S. The molecule has 0 N–H and O–H groups in total.